The third-order valence-corrected chi connectivity index (χ3v) is 6.29. The molecular weight excluding hydrogens is 386 g/mol. The van der Waals surface area contributed by atoms with Gasteiger partial charge in [0.15, 0.2) is 15.9 Å². The van der Waals surface area contributed by atoms with Gasteiger partial charge in [0.25, 0.3) is 5.91 Å². The third kappa shape index (κ3) is 4.75. The highest BCUT2D eigenvalue weighted by atomic mass is 32.2. The summed E-state index contributed by atoms with van der Waals surface area (Å²) in [5.41, 5.74) is 0.577. The number of anilines is 1. The van der Waals surface area contributed by atoms with Gasteiger partial charge in [0.1, 0.15) is 5.71 Å². The summed E-state index contributed by atoms with van der Waals surface area (Å²) in [5.74, 6) is -1.79. The zero-order chi connectivity index (χ0) is 20.3. The monoisotopic (exact) mass is 407 g/mol. The SMILES string of the molecule is CC(OC(=O)C1=NN(C2CCS(=O)(=O)C2)C(=O)CC1)C(=O)Nc1ccccc1. The lowest BCUT2D eigenvalue weighted by Gasteiger charge is -2.27. The van der Waals surface area contributed by atoms with Crippen LogP contribution >= 0.6 is 0 Å². The Labute approximate surface area is 162 Å². The first kappa shape index (κ1) is 20.0. The lowest BCUT2D eigenvalue weighted by Crippen LogP contribution is -2.42. The second-order valence-corrected chi connectivity index (χ2v) is 8.97. The molecule has 2 aliphatic rings. The zero-order valence-electron chi connectivity index (χ0n) is 15.3. The van der Waals surface area contributed by atoms with Crippen molar-refractivity contribution in [1.29, 1.82) is 0 Å². The molecule has 2 aliphatic heterocycles. The molecule has 1 aromatic rings. The Morgan fingerprint density at radius 1 is 1.25 bits per heavy atom. The molecule has 28 heavy (non-hydrogen) atoms. The summed E-state index contributed by atoms with van der Waals surface area (Å²) in [4.78, 5) is 36.6. The summed E-state index contributed by atoms with van der Waals surface area (Å²) in [5, 5.41) is 7.75. The molecule has 0 saturated carbocycles. The first-order valence-corrected chi connectivity index (χ1v) is 10.7. The van der Waals surface area contributed by atoms with Crippen LogP contribution in [0, 0.1) is 0 Å². The van der Waals surface area contributed by atoms with E-state index in [1.807, 2.05) is 6.07 Å². The first-order valence-electron chi connectivity index (χ1n) is 8.92. The number of amides is 2. The molecule has 2 atom stereocenters. The van der Waals surface area contributed by atoms with Crippen LogP contribution in [0.5, 0.6) is 0 Å². The fraction of sp³-hybridized carbons (Fsp3) is 0.444. The van der Waals surface area contributed by atoms with E-state index in [9.17, 15) is 22.8 Å². The average Bonchev–Trinajstić information content (AvgIpc) is 3.02. The van der Waals surface area contributed by atoms with Crippen molar-refractivity contribution in [2.24, 2.45) is 5.10 Å². The largest absolute Gasteiger partial charge is 0.448 e. The number of rotatable bonds is 5. The number of hydrazone groups is 1. The Bertz CT molecular complexity index is 913. The van der Waals surface area contributed by atoms with Crippen molar-refractivity contribution < 1.29 is 27.5 Å². The molecular formula is C18H21N3O6S. The number of esters is 1. The molecule has 1 saturated heterocycles. The summed E-state index contributed by atoms with van der Waals surface area (Å²) < 4.78 is 28.5. The third-order valence-electron chi connectivity index (χ3n) is 4.54. The molecule has 1 fully saturated rings. The van der Waals surface area contributed by atoms with Crippen molar-refractivity contribution in [1.82, 2.24) is 5.01 Å². The Hall–Kier alpha value is -2.75. The molecule has 0 spiro atoms. The Kier molecular flexibility index (Phi) is 5.78. The maximum absolute atomic E-state index is 12.4. The number of hydrogen-bond donors (Lipinski definition) is 1. The molecule has 1 aromatic carbocycles. The molecule has 150 valence electrons. The van der Waals surface area contributed by atoms with Crippen LogP contribution in [0.4, 0.5) is 5.69 Å². The van der Waals surface area contributed by atoms with Gasteiger partial charge in [-0.15, -0.1) is 0 Å². The van der Waals surface area contributed by atoms with E-state index in [-0.39, 0.29) is 42.4 Å². The van der Waals surface area contributed by atoms with E-state index in [1.54, 1.807) is 24.3 Å². The zero-order valence-corrected chi connectivity index (χ0v) is 16.1. The lowest BCUT2D eigenvalue weighted by atomic mass is 10.1. The molecule has 2 heterocycles. The predicted molar refractivity (Wildman–Crippen MR) is 101 cm³/mol. The van der Waals surface area contributed by atoms with Crippen LogP contribution in [0.1, 0.15) is 26.2 Å². The van der Waals surface area contributed by atoms with Crippen LogP contribution in [-0.4, -0.2) is 60.6 Å². The van der Waals surface area contributed by atoms with Crippen LogP contribution in [0.15, 0.2) is 35.4 Å². The van der Waals surface area contributed by atoms with E-state index >= 15 is 0 Å². The molecule has 0 bridgehead atoms. The van der Waals surface area contributed by atoms with Gasteiger partial charge in [0.2, 0.25) is 5.91 Å². The standard InChI is InChI=1S/C18H21N3O6S/c1-12(17(23)19-13-5-3-2-4-6-13)27-18(24)15-7-8-16(22)21(20-15)14-9-10-28(25,26)11-14/h2-6,12,14H,7-11H2,1H3,(H,19,23). The smallest absolute Gasteiger partial charge is 0.355 e. The number of nitrogens with zero attached hydrogens (tertiary/aromatic N) is 2. The number of ether oxygens (including phenoxy) is 1. The molecule has 0 radical (unpaired) electrons. The molecule has 3 rings (SSSR count). The molecule has 2 unspecified atom stereocenters. The van der Waals surface area contributed by atoms with Gasteiger partial charge in [-0.25, -0.2) is 18.2 Å². The van der Waals surface area contributed by atoms with Crippen molar-refractivity contribution in [3.63, 3.8) is 0 Å². The molecule has 9 nitrogen and oxygen atoms in total. The average molecular weight is 407 g/mol. The van der Waals surface area contributed by atoms with Gasteiger partial charge in [-0.1, -0.05) is 18.2 Å². The minimum absolute atomic E-state index is 0.00302. The second kappa shape index (κ2) is 8.09. The van der Waals surface area contributed by atoms with Gasteiger partial charge in [-0.3, -0.25) is 9.59 Å². The van der Waals surface area contributed by atoms with Crippen LogP contribution in [0.3, 0.4) is 0 Å². The Balaban J connectivity index is 1.63. The highest BCUT2D eigenvalue weighted by Gasteiger charge is 2.37. The van der Waals surface area contributed by atoms with Gasteiger partial charge in [0, 0.05) is 18.5 Å². The van der Waals surface area contributed by atoms with Gasteiger partial charge in [-0.05, 0) is 25.5 Å². The lowest BCUT2D eigenvalue weighted by molar-refractivity contribution is -0.147. The van der Waals surface area contributed by atoms with Gasteiger partial charge < -0.3 is 10.1 Å². The first-order chi connectivity index (χ1) is 13.2. The summed E-state index contributed by atoms with van der Waals surface area (Å²) in [6.07, 6.45) is -0.653. The molecule has 2 amide bonds. The quantitative estimate of drug-likeness (QED) is 0.718. The van der Waals surface area contributed by atoms with E-state index in [2.05, 4.69) is 10.4 Å². The number of hydrogen-bond acceptors (Lipinski definition) is 7. The molecule has 10 heteroatoms. The van der Waals surface area contributed by atoms with E-state index < -0.39 is 33.9 Å². The fourth-order valence-electron chi connectivity index (χ4n) is 3.02. The van der Waals surface area contributed by atoms with Crippen molar-refractivity contribution in [2.75, 3.05) is 16.8 Å². The topological polar surface area (TPSA) is 122 Å². The van der Waals surface area contributed by atoms with E-state index in [0.717, 1.165) is 5.01 Å². The number of carbonyl (C=O) groups excluding carboxylic acids is 3. The summed E-state index contributed by atoms with van der Waals surface area (Å²) in [7, 11) is -3.20. The summed E-state index contributed by atoms with van der Waals surface area (Å²) in [6, 6.07) is 8.17. The number of nitrogens with one attached hydrogen (secondary N) is 1. The van der Waals surface area contributed by atoms with E-state index in [0.29, 0.717) is 5.69 Å². The molecule has 1 N–H and O–H groups in total. The van der Waals surface area contributed by atoms with Crippen molar-refractivity contribution in [3.05, 3.63) is 30.3 Å². The fourth-order valence-corrected chi connectivity index (χ4v) is 4.71. The highest BCUT2D eigenvalue weighted by molar-refractivity contribution is 7.91. The normalized spacial score (nSPS) is 22.3. The minimum Gasteiger partial charge on any atom is -0.448 e. The number of carbonyl (C=O) groups is 3. The number of benzene rings is 1. The van der Waals surface area contributed by atoms with Crippen LogP contribution in [-0.2, 0) is 29.0 Å². The number of para-hydroxylation sites is 1. The van der Waals surface area contributed by atoms with E-state index in [4.69, 9.17) is 4.74 Å². The predicted octanol–water partition coefficient (Wildman–Crippen LogP) is 0.722. The highest BCUT2D eigenvalue weighted by Crippen LogP contribution is 2.22. The summed E-state index contributed by atoms with van der Waals surface area (Å²) >= 11 is 0. The maximum atomic E-state index is 12.4. The summed E-state index contributed by atoms with van der Waals surface area (Å²) in [6.45, 7) is 1.44. The maximum Gasteiger partial charge on any atom is 0.355 e. The van der Waals surface area contributed by atoms with Crippen LogP contribution in [0.2, 0.25) is 0 Å². The second-order valence-electron chi connectivity index (χ2n) is 6.74. The van der Waals surface area contributed by atoms with Gasteiger partial charge >= 0.3 is 5.97 Å². The van der Waals surface area contributed by atoms with Crippen LogP contribution in [0.25, 0.3) is 0 Å². The Morgan fingerprint density at radius 3 is 2.61 bits per heavy atom. The van der Waals surface area contributed by atoms with Gasteiger partial charge in [0.05, 0.1) is 17.5 Å². The van der Waals surface area contributed by atoms with Gasteiger partial charge in [-0.2, -0.15) is 5.10 Å². The molecule has 0 aliphatic carbocycles. The van der Waals surface area contributed by atoms with Crippen LogP contribution < -0.4 is 5.32 Å². The van der Waals surface area contributed by atoms with Crippen molar-refractivity contribution in [3.8, 4) is 0 Å². The van der Waals surface area contributed by atoms with Crippen molar-refractivity contribution >= 4 is 39.0 Å². The molecule has 0 aromatic heterocycles. The minimum atomic E-state index is -3.20. The number of sulfone groups is 1. The van der Waals surface area contributed by atoms with E-state index in [1.165, 1.54) is 6.92 Å². The van der Waals surface area contributed by atoms with Crippen molar-refractivity contribution in [2.45, 2.75) is 38.3 Å². The Morgan fingerprint density at radius 2 is 1.96 bits per heavy atom.